The zero-order chi connectivity index (χ0) is 14.7. The summed E-state index contributed by atoms with van der Waals surface area (Å²) >= 11 is 0. The maximum Gasteiger partial charge on any atom is 0.339 e. The van der Waals surface area contributed by atoms with Gasteiger partial charge in [-0.05, 0) is 49.7 Å². The van der Waals surface area contributed by atoms with E-state index in [0.29, 0.717) is 11.4 Å². The third kappa shape index (κ3) is 2.88. The molecule has 0 amide bonds. The van der Waals surface area contributed by atoms with E-state index in [0.717, 1.165) is 17.1 Å². The molecule has 2 aromatic rings. The Bertz CT molecular complexity index is 636. The van der Waals surface area contributed by atoms with Gasteiger partial charge in [-0.15, -0.1) is 0 Å². The van der Waals surface area contributed by atoms with Crippen LogP contribution in [0.1, 0.15) is 21.6 Å². The molecule has 5 nitrogen and oxygen atoms in total. The van der Waals surface area contributed by atoms with Crippen LogP contribution < -0.4 is 10.1 Å². The average molecular weight is 272 g/mol. The Balaban J connectivity index is 2.39. The fourth-order valence-electron chi connectivity index (χ4n) is 2.01. The number of rotatable bonds is 4. The minimum atomic E-state index is -0.994. The standard InChI is InChI=1S/C15H16N2O3/c1-9-8-10(2)16-14(13(9)15(18)19)17-11-4-6-12(20-3)7-5-11/h4-8H,1-3H3,(H,16,17)(H,18,19). The van der Waals surface area contributed by atoms with Crippen molar-refractivity contribution in [3.8, 4) is 5.75 Å². The summed E-state index contributed by atoms with van der Waals surface area (Å²) in [7, 11) is 1.59. The highest BCUT2D eigenvalue weighted by atomic mass is 16.5. The van der Waals surface area contributed by atoms with E-state index in [9.17, 15) is 9.90 Å². The first kappa shape index (κ1) is 13.9. The smallest absolute Gasteiger partial charge is 0.339 e. The number of anilines is 2. The lowest BCUT2D eigenvalue weighted by Gasteiger charge is -2.12. The number of benzene rings is 1. The van der Waals surface area contributed by atoms with Gasteiger partial charge in [-0.25, -0.2) is 9.78 Å². The lowest BCUT2D eigenvalue weighted by atomic mass is 10.1. The van der Waals surface area contributed by atoms with Gasteiger partial charge in [0.05, 0.1) is 7.11 Å². The molecule has 0 aliphatic carbocycles. The van der Waals surface area contributed by atoms with E-state index in [2.05, 4.69) is 10.3 Å². The van der Waals surface area contributed by atoms with Crippen LogP contribution in [-0.2, 0) is 0 Å². The van der Waals surface area contributed by atoms with Crippen LogP contribution in [0.5, 0.6) is 5.75 Å². The first-order chi connectivity index (χ1) is 9.51. The van der Waals surface area contributed by atoms with Gasteiger partial charge >= 0.3 is 5.97 Å². The number of aromatic nitrogens is 1. The van der Waals surface area contributed by atoms with Crippen molar-refractivity contribution in [2.45, 2.75) is 13.8 Å². The van der Waals surface area contributed by atoms with Crippen molar-refractivity contribution in [1.82, 2.24) is 4.98 Å². The summed E-state index contributed by atoms with van der Waals surface area (Å²) in [5.41, 5.74) is 2.39. The van der Waals surface area contributed by atoms with Gasteiger partial charge in [0.15, 0.2) is 0 Å². The van der Waals surface area contributed by atoms with E-state index in [1.807, 2.05) is 19.1 Å². The van der Waals surface area contributed by atoms with Crippen molar-refractivity contribution < 1.29 is 14.6 Å². The number of pyridine rings is 1. The fraction of sp³-hybridized carbons (Fsp3) is 0.200. The molecule has 0 saturated heterocycles. The van der Waals surface area contributed by atoms with Crippen LogP contribution in [0, 0.1) is 13.8 Å². The third-order valence-electron chi connectivity index (χ3n) is 2.91. The van der Waals surface area contributed by atoms with E-state index in [1.165, 1.54) is 0 Å². The van der Waals surface area contributed by atoms with Crippen molar-refractivity contribution in [3.05, 3.63) is 47.2 Å². The number of carboxylic acid groups (broad SMARTS) is 1. The summed E-state index contributed by atoms with van der Waals surface area (Å²) < 4.78 is 5.08. The second kappa shape index (κ2) is 5.61. The Labute approximate surface area is 117 Å². The normalized spacial score (nSPS) is 10.2. The molecule has 20 heavy (non-hydrogen) atoms. The molecular formula is C15H16N2O3. The summed E-state index contributed by atoms with van der Waals surface area (Å²) in [5, 5.41) is 12.3. The molecule has 0 spiro atoms. The molecule has 104 valence electrons. The lowest BCUT2D eigenvalue weighted by molar-refractivity contribution is 0.0697. The molecule has 1 aromatic heterocycles. The molecule has 1 heterocycles. The molecule has 0 unspecified atom stereocenters. The van der Waals surface area contributed by atoms with Crippen LogP contribution in [0.25, 0.3) is 0 Å². The van der Waals surface area contributed by atoms with E-state index >= 15 is 0 Å². The molecule has 1 aromatic carbocycles. The summed E-state index contributed by atoms with van der Waals surface area (Å²) in [4.78, 5) is 15.6. The van der Waals surface area contributed by atoms with Crippen molar-refractivity contribution in [2.24, 2.45) is 0 Å². The van der Waals surface area contributed by atoms with Gasteiger partial charge in [-0.3, -0.25) is 0 Å². The molecule has 2 N–H and O–H groups in total. The Morgan fingerprint density at radius 2 is 1.90 bits per heavy atom. The van der Waals surface area contributed by atoms with E-state index in [4.69, 9.17) is 4.74 Å². The predicted octanol–water partition coefficient (Wildman–Crippen LogP) is 3.15. The fourth-order valence-corrected chi connectivity index (χ4v) is 2.01. The quantitative estimate of drug-likeness (QED) is 0.894. The van der Waals surface area contributed by atoms with Crippen LogP contribution >= 0.6 is 0 Å². The van der Waals surface area contributed by atoms with Gasteiger partial charge in [0, 0.05) is 11.4 Å². The molecule has 5 heteroatoms. The van der Waals surface area contributed by atoms with Crippen LogP contribution in [0.2, 0.25) is 0 Å². The maximum absolute atomic E-state index is 11.3. The Morgan fingerprint density at radius 3 is 2.45 bits per heavy atom. The highest BCUT2D eigenvalue weighted by Gasteiger charge is 2.15. The Kier molecular flexibility index (Phi) is 3.89. The summed E-state index contributed by atoms with van der Waals surface area (Å²) in [6.45, 7) is 3.59. The number of aryl methyl sites for hydroxylation is 2. The monoisotopic (exact) mass is 272 g/mol. The zero-order valence-electron chi connectivity index (χ0n) is 11.6. The highest BCUT2D eigenvalue weighted by Crippen LogP contribution is 2.24. The van der Waals surface area contributed by atoms with Gasteiger partial charge in [0.2, 0.25) is 0 Å². The average Bonchev–Trinajstić information content (AvgIpc) is 2.38. The SMILES string of the molecule is COc1ccc(Nc2nc(C)cc(C)c2C(=O)O)cc1. The van der Waals surface area contributed by atoms with E-state index in [1.54, 1.807) is 32.2 Å². The van der Waals surface area contributed by atoms with Crippen LogP contribution in [0.15, 0.2) is 30.3 Å². The van der Waals surface area contributed by atoms with Gasteiger partial charge in [0.1, 0.15) is 17.1 Å². The number of aromatic carboxylic acids is 1. The number of ether oxygens (including phenoxy) is 1. The molecule has 0 aliphatic rings. The zero-order valence-corrected chi connectivity index (χ0v) is 11.6. The minimum absolute atomic E-state index is 0.186. The second-order valence-corrected chi connectivity index (χ2v) is 4.46. The second-order valence-electron chi connectivity index (χ2n) is 4.46. The van der Waals surface area contributed by atoms with Crippen molar-refractivity contribution in [3.63, 3.8) is 0 Å². The summed E-state index contributed by atoms with van der Waals surface area (Å²) in [6.07, 6.45) is 0. The first-order valence-electron chi connectivity index (χ1n) is 6.14. The van der Waals surface area contributed by atoms with Gasteiger partial charge in [-0.2, -0.15) is 0 Å². The third-order valence-corrected chi connectivity index (χ3v) is 2.91. The van der Waals surface area contributed by atoms with Crippen molar-refractivity contribution in [2.75, 3.05) is 12.4 Å². The van der Waals surface area contributed by atoms with Gasteiger partial charge < -0.3 is 15.2 Å². The number of nitrogens with one attached hydrogen (secondary N) is 1. The Hall–Kier alpha value is -2.56. The minimum Gasteiger partial charge on any atom is -0.497 e. The molecule has 0 fully saturated rings. The molecule has 0 radical (unpaired) electrons. The first-order valence-corrected chi connectivity index (χ1v) is 6.14. The number of carbonyl (C=O) groups is 1. The highest BCUT2D eigenvalue weighted by molar-refractivity contribution is 5.95. The maximum atomic E-state index is 11.3. The van der Waals surface area contributed by atoms with Gasteiger partial charge in [-0.1, -0.05) is 0 Å². The van der Waals surface area contributed by atoms with E-state index < -0.39 is 5.97 Å². The van der Waals surface area contributed by atoms with Crippen molar-refractivity contribution >= 4 is 17.5 Å². The number of hydrogen-bond acceptors (Lipinski definition) is 4. The van der Waals surface area contributed by atoms with Crippen LogP contribution in [0.4, 0.5) is 11.5 Å². The van der Waals surface area contributed by atoms with Gasteiger partial charge in [0.25, 0.3) is 0 Å². The van der Waals surface area contributed by atoms with Crippen LogP contribution in [-0.4, -0.2) is 23.2 Å². The molecule has 0 atom stereocenters. The molecule has 2 rings (SSSR count). The number of carboxylic acids is 1. The number of nitrogens with zero attached hydrogens (tertiary/aromatic N) is 1. The molecular weight excluding hydrogens is 256 g/mol. The largest absolute Gasteiger partial charge is 0.497 e. The Morgan fingerprint density at radius 1 is 1.25 bits per heavy atom. The molecule has 0 aliphatic heterocycles. The van der Waals surface area contributed by atoms with E-state index in [-0.39, 0.29) is 5.56 Å². The molecule has 0 bridgehead atoms. The predicted molar refractivity (Wildman–Crippen MR) is 76.9 cm³/mol. The summed E-state index contributed by atoms with van der Waals surface area (Å²) in [6, 6.07) is 8.97. The number of methoxy groups -OCH3 is 1. The topological polar surface area (TPSA) is 71.5 Å². The summed E-state index contributed by atoms with van der Waals surface area (Å²) in [5.74, 6) is 0.0913. The lowest BCUT2D eigenvalue weighted by Crippen LogP contribution is -2.08. The molecule has 0 saturated carbocycles. The van der Waals surface area contributed by atoms with Crippen LogP contribution in [0.3, 0.4) is 0 Å². The number of hydrogen-bond donors (Lipinski definition) is 2. The van der Waals surface area contributed by atoms with Crippen molar-refractivity contribution in [1.29, 1.82) is 0 Å².